The summed E-state index contributed by atoms with van der Waals surface area (Å²) in [5.74, 6) is 2.74. The molecule has 0 bridgehead atoms. The molecule has 4 nitrogen and oxygen atoms in total. The van der Waals surface area contributed by atoms with E-state index in [1.807, 2.05) is 48.5 Å². The molecular weight excluding hydrogens is 392 g/mol. The molecular formula is C22H20ClO4Si. The number of hydrogen-bond acceptors (Lipinski definition) is 4. The topological polar surface area (TPSA) is 36.9 Å². The molecule has 3 radical (unpaired) electrons. The molecule has 0 saturated carbocycles. The van der Waals surface area contributed by atoms with Gasteiger partial charge in [0.05, 0.1) is 38.7 Å². The Balaban J connectivity index is 2.33. The van der Waals surface area contributed by atoms with E-state index < -0.39 is 0 Å². The quantitative estimate of drug-likeness (QED) is 0.559. The van der Waals surface area contributed by atoms with Crippen molar-refractivity contribution in [3.05, 3.63) is 53.6 Å². The molecule has 28 heavy (non-hydrogen) atoms. The second-order valence-corrected chi connectivity index (χ2v) is 6.99. The minimum Gasteiger partial charge on any atom is -0.497 e. The van der Waals surface area contributed by atoms with E-state index in [-0.39, 0.29) is 0 Å². The van der Waals surface area contributed by atoms with Gasteiger partial charge in [-0.15, -0.1) is 0 Å². The molecule has 0 N–H and O–H groups in total. The molecule has 0 fully saturated rings. The predicted octanol–water partition coefficient (Wildman–Crippen LogP) is 4.50. The maximum absolute atomic E-state index is 6.66. The fourth-order valence-electron chi connectivity index (χ4n) is 3.06. The van der Waals surface area contributed by atoms with Crippen LogP contribution in [0.15, 0.2) is 48.5 Å². The van der Waals surface area contributed by atoms with Crippen LogP contribution in [0, 0.1) is 0 Å². The lowest BCUT2D eigenvalue weighted by atomic mass is 9.93. The van der Waals surface area contributed by atoms with Crippen LogP contribution in [0.2, 0.25) is 5.02 Å². The van der Waals surface area contributed by atoms with Crippen LogP contribution in [0.5, 0.6) is 23.0 Å². The Hall–Kier alpha value is -2.63. The van der Waals surface area contributed by atoms with Crippen molar-refractivity contribution in [3.8, 4) is 45.3 Å². The van der Waals surface area contributed by atoms with Gasteiger partial charge in [-0.05, 0) is 47.0 Å². The van der Waals surface area contributed by atoms with Gasteiger partial charge in [0.25, 0.3) is 0 Å². The highest BCUT2D eigenvalue weighted by Crippen LogP contribution is 2.41. The van der Waals surface area contributed by atoms with Gasteiger partial charge in [0.1, 0.15) is 23.0 Å². The number of benzene rings is 3. The van der Waals surface area contributed by atoms with Crippen LogP contribution in [0.4, 0.5) is 0 Å². The lowest BCUT2D eigenvalue weighted by molar-refractivity contribution is 0.394. The van der Waals surface area contributed by atoms with Crippen LogP contribution < -0.4 is 24.1 Å². The maximum atomic E-state index is 6.66. The second kappa shape index (κ2) is 8.58. The summed E-state index contributed by atoms with van der Waals surface area (Å²) < 4.78 is 21.7. The first kappa shape index (κ1) is 20.1. The number of methoxy groups -OCH3 is 4. The SMILES string of the molecule is COc1cc(OC)cc(-c2c([Si])ccc(Cl)c2-c2cc(OC)cc(OC)c2)c1. The molecule has 3 aromatic carbocycles. The average molecular weight is 412 g/mol. The van der Waals surface area contributed by atoms with Crippen molar-refractivity contribution in [1.29, 1.82) is 0 Å². The van der Waals surface area contributed by atoms with Crippen molar-refractivity contribution < 1.29 is 18.9 Å². The molecule has 6 heteroatoms. The Labute approximate surface area is 173 Å². The highest BCUT2D eigenvalue weighted by Gasteiger charge is 2.17. The Bertz CT molecular complexity index is 879. The summed E-state index contributed by atoms with van der Waals surface area (Å²) in [6.07, 6.45) is 0. The first-order valence-corrected chi connectivity index (χ1v) is 9.39. The molecule has 3 rings (SSSR count). The smallest absolute Gasteiger partial charge is 0.123 e. The average Bonchev–Trinajstić information content (AvgIpc) is 2.73. The summed E-state index contributed by atoms with van der Waals surface area (Å²) in [6.45, 7) is 0. The van der Waals surface area contributed by atoms with Crippen LogP contribution in [-0.2, 0) is 0 Å². The van der Waals surface area contributed by atoms with Crippen molar-refractivity contribution in [2.75, 3.05) is 28.4 Å². The van der Waals surface area contributed by atoms with Crippen molar-refractivity contribution in [1.82, 2.24) is 0 Å². The third kappa shape index (κ3) is 3.95. The fourth-order valence-corrected chi connectivity index (χ4v) is 3.68. The summed E-state index contributed by atoms with van der Waals surface area (Å²) in [6, 6.07) is 15.2. The highest BCUT2D eigenvalue weighted by molar-refractivity contribution is 6.40. The van der Waals surface area contributed by atoms with Gasteiger partial charge in [0.15, 0.2) is 0 Å². The molecule has 0 atom stereocenters. The third-order valence-corrected chi connectivity index (χ3v) is 5.17. The van der Waals surface area contributed by atoms with Crippen molar-refractivity contribution in [2.24, 2.45) is 0 Å². The number of ether oxygens (including phenoxy) is 4. The van der Waals surface area contributed by atoms with Gasteiger partial charge in [-0.3, -0.25) is 0 Å². The van der Waals surface area contributed by atoms with E-state index in [2.05, 4.69) is 10.2 Å². The fraction of sp³-hybridized carbons (Fsp3) is 0.182. The second-order valence-electron chi connectivity index (χ2n) is 6.05. The molecule has 0 heterocycles. The van der Waals surface area contributed by atoms with Crippen LogP contribution in [0.25, 0.3) is 22.3 Å². The zero-order valence-corrected chi connectivity index (χ0v) is 17.9. The van der Waals surface area contributed by atoms with E-state index in [1.54, 1.807) is 28.4 Å². The van der Waals surface area contributed by atoms with E-state index >= 15 is 0 Å². The zero-order valence-electron chi connectivity index (χ0n) is 16.1. The molecule has 0 amide bonds. The first-order chi connectivity index (χ1) is 13.5. The van der Waals surface area contributed by atoms with E-state index in [9.17, 15) is 0 Å². The predicted molar refractivity (Wildman–Crippen MR) is 114 cm³/mol. The van der Waals surface area contributed by atoms with Crippen LogP contribution in [0.1, 0.15) is 0 Å². The first-order valence-electron chi connectivity index (χ1n) is 8.51. The van der Waals surface area contributed by atoms with Crippen molar-refractivity contribution >= 4 is 27.0 Å². The monoisotopic (exact) mass is 411 g/mol. The molecule has 0 unspecified atom stereocenters. The molecule has 143 valence electrons. The Morgan fingerprint density at radius 2 is 1.00 bits per heavy atom. The normalized spacial score (nSPS) is 10.5. The Morgan fingerprint density at radius 3 is 1.39 bits per heavy atom. The Morgan fingerprint density at radius 1 is 0.607 bits per heavy atom. The van der Waals surface area contributed by atoms with Gasteiger partial charge in [-0.25, -0.2) is 0 Å². The standard InChI is InChI=1S/C22H20ClO4Si/c1-24-15-7-13(8-16(11-15)25-2)21-19(23)5-6-20(28)22(21)14-9-17(26-3)12-18(10-14)27-4/h5-12H,1-4H3. The largest absolute Gasteiger partial charge is 0.497 e. The van der Waals surface area contributed by atoms with Gasteiger partial charge < -0.3 is 18.9 Å². The van der Waals surface area contributed by atoms with Crippen molar-refractivity contribution in [2.45, 2.75) is 0 Å². The molecule has 0 spiro atoms. The maximum Gasteiger partial charge on any atom is 0.123 e. The van der Waals surface area contributed by atoms with E-state index in [0.717, 1.165) is 27.4 Å². The molecule has 0 aliphatic rings. The highest BCUT2D eigenvalue weighted by atomic mass is 35.5. The lowest BCUT2D eigenvalue weighted by Crippen LogP contribution is -2.09. The van der Waals surface area contributed by atoms with Crippen LogP contribution >= 0.6 is 11.6 Å². The summed E-state index contributed by atoms with van der Waals surface area (Å²) in [7, 11) is 10.2. The molecule has 3 aromatic rings. The van der Waals surface area contributed by atoms with Gasteiger partial charge in [0.2, 0.25) is 0 Å². The van der Waals surface area contributed by atoms with E-state index in [4.69, 9.17) is 30.5 Å². The molecule has 0 saturated heterocycles. The molecule has 0 aromatic heterocycles. The minimum atomic E-state index is 0.606. The van der Waals surface area contributed by atoms with Gasteiger partial charge >= 0.3 is 0 Å². The zero-order chi connectivity index (χ0) is 20.3. The Kier molecular flexibility index (Phi) is 6.17. The summed E-state index contributed by atoms with van der Waals surface area (Å²) in [5.41, 5.74) is 3.54. The molecule has 0 aliphatic heterocycles. The number of rotatable bonds is 6. The minimum absolute atomic E-state index is 0.606. The number of halogens is 1. The molecule has 0 aliphatic carbocycles. The van der Waals surface area contributed by atoms with Gasteiger partial charge in [-0.2, -0.15) is 0 Å². The summed E-state index contributed by atoms with van der Waals surface area (Å²) in [5, 5.41) is 1.49. The summed E-state index contributed by atoms with van der Waals surface area (Å²) >= 11 is 6.66. The van der Waals surface area contributed by atoms with Gasteiger partial charge in [0, 0.05) is 22.7 Å². The van der Waals surface area contributed by atoms with Crippen LogP contribution in [0.3, 0.4) is 0 Å². The van der Waals surface area contributed by atoms with E-state index in [1.165, 1.54) is 0 Å². The summed E-state index contributed by atoms with van der Waals surface area (Å²) in [4.78, 5) is 0. The number of hydrogen-bond donors (Lipinski definition) is 0. The van der Waals surface area contributed by atoms with Crippen molar-refractivity contribution in [3.63, 3.8) is 0 Å². The van der Waals surface area contributed by atoms with Crippen LogP contribution in [-0.4, -0.2) is 38.7 Å². The lowest BCUT2D eigenvalue weighted by Gasteiger charge is -2.18. The van der Waals surface area contributed by atoms with E-state index in [0.29, 0.717) is 28.0 Å². The third-order valence-electron chi connectivity index (χ3n) is 4.43. The van der Waals surface area contributed by atoms with Gasteiger partial charge in [-0.1, -0.05) is 22.9 Å².